The van der Waals surface area contributed by atoms with Crippen molar-refractivity contribution in [2.75, 3.05) is 10.9 Å². The van der Waals surface area contributed by atoms with Gasteiger partial charge in [-0.1, -0.05) is 66.7 Å². The van der Waals surface area contributed by atoms with Gasteiger partial charge in [-0.15, -0.1) is 0 Å². The first kappa shape index (κ1) is 22.8. The summed E-state index contributed by atoms with van der Waals surface area (Å²) in [6.45, 7) is 1.41. The molecule has 5 rings (SSSR count). The van der Waals surface area contributed by atoms with Crippen LogP contribution >= 0.6 is 0 Å². The molecule has 0 amide bonds. The fourth-order valence-electron chi connectivity index (χ4n) is 4.56. The summed E-state index contributed by atoms with van der Waals surface area (Å²) in [5.74, 6) is -1.09. The number of Topliss-reactive ketones (excluding diaryl/α,β-unsaturated/α-hetero) is 1. The summed E-state index contributed by atoms with van der Waals surface area (Å²) >= 11 is 0. The molecule has 176 valence electrons. The SMILES string of the molecule is CC1Cc2ccccc2N1S(=O)(=O)c1cccc(C(=O)OCC(=O)c2cccc3ccccc23)c1. The maximum Gasteiger partial charge on any atom is 0.338 e. The van der Waals surface area contributed by atoms with Gasteiger partial charge in [-0.2, -0.15) is 0 Å². The van der Waals surface area contributed by atoms with Crippen LogP contribution in [0.25, 0.3) is 10.8 Å². The Kier molecular flexibility index (Phi) is 5.86. The van der Waals surface area contributed by atoms with E-state index in [9.17, 15) is 18.0 Å². The molecule has 1 unspecified atom stereocenters. The highest BCUT2D eigenvalue weighted by molar-refractivity contribution is 7.92. The number of ether oxygens (including phenoxy) is 1. The van der Waals surface area contributed by atoms with Crippen molar-refractivity contribution >= 4 is 38.2 Å². The summed E-state index contributed by atoms with van der Waals surface area (Å²) in [6, 6.07) is 25.8. The molecule has 1 atom stereocenters. The van der Waals surface area contributed by atoms with Crippen molar-refractivity contribution < 1.29 is 22.7 Å². The first-order chi connectivity index (χ1) is 16.9. The third-order valence-electron chi connectivity index (χ3n) is 6.20. The van der Waals surface area contributed by atoms with Gasteiger partial charge < -0.3 is 4.74 Å². The van der Waals surface area contributed by atoms with E-state index in [2.05, 4.69) is 0 Å². The van der Waals surface area contributed by atoms with E-state index >= 15 is 0 Å². The maximum absolute atomic E-state index is 13.5. The molecule has 0 saturated carbocycles. The normalized spacial score (nSPS) is 15.1. The molecule has 1 aliphatic heterocycles. The van der Waals surface area contributed by atoms with Gasteiger partial charge in [0.2, 0.25) is 5.78 Å². The molecular weight excluding hydrogens is 462 g/mol. The summed E-state index contributed by atoms with van der Waals surface area (Å²) in [7, 11) is -3.90. The van der Waals surface area contributed by atoms with Crippen LogP contribution in [0.2, 0.25) is 0 Å². The number of hydrogen-bond donors (Lipinski definition) is 0. The fraction of sp³-hybridized carbons (Fsp3) is 0.143. The molecule has 0 bridgehead atoms. The maximum atomic E-state index is 13.5. The van der Waals surface area contributed by atoms with Gasteiger partial charge in [-0.3, -0.25) is 9.10 Å². The second-order valence-corrected chi connectivity index (χ2v) is 10.4. The Labute approximate surface area is 203 Å². The number of rotatable bonds is 6. The quantitative estimate of drug-likeness (QED) is 0.283. The lowest BCUT2D eigenvalue weighted by atomic mass is 10.0. The second kappa shape index (κ2) is 9.00. The minimum atomic E-state index is -3.90. The van der Waals surface area contributed by atoms with E-state index in [-0.39, 0.29) is 22.3 Å². The fourth-order valence-corrected chi connectivity index (χ4v) is 6.30. The van der Waals surface area contributed by atoms with Gasteiger partial charge in [-0.25, -0.2) is 13.2 Å². The van der Waals surface area contributed by atoms with E-state index in [1.165, 1.54) is 28.6 Å². The Morgan fingerprint density at radius 2 is 1.63 bits per heavy atom. The average Bonchev–Trinajstić information content (AvgIpc) is 3.23. The smallest absolute Gasteiger partial charge is 0.338 e. The van der Waals surface area contributed by atoms with Gasteiger partial charge in [0, 0.05) is 11.6 Å². The number of esters is 1. The Balaban J connectivity index is 1.35. The van der Waals surface area contributed by atoms with Crippen LogP contribution < -0.4 is 4.31 Å². The molecule has 0 N–H and O–H groups in total. The molecule has 0 aliphatic carbocycles. The van der Waals surface area contributed by atoms with E-state index in [0.717, 1.165) is 16.3 Å². The van der Waals surface area contributed by atoms with Crippen LogP contribution in [0.4, 0.5) is 5.69 Å². The molecule has 0 radical (unpaired) electrons. The largest absolute Gasteiger partial charge is 0.454 e. The van der Waals surface area contributed by atoms with Crippen molar-refractivity contribution in [3.8, 4) is 0 Å². The molecule has 4 aromatic carbocycles. The third kappa shape index (κ3) is 4.19. The van der Waals surface area contributed by atoms with Crippen LogP contribution in [0.3, 0.4) is 0 Å². The molecule has 35 heavy (non-hydrogen) atoms. The van der Waals surface area contributed by atoms with Crippen LogP contribution in [0.15, 0.2) is 95.9 Å². The number of para-hydroxylation sites is 1. The molecule has 1 aliphatic rings. The van der Waals surface area contributed by atoms with Crippen molar-refractivity contribution in [3.05, 3.63) is 108 Å². The first-order valence-electron chi connectivity index (χ1n) is 11.3. The molecule has 4 aromatic rings. The summed E-state index contributed by atoms with van der Waals surface area (Å²) in [5.41, 5.74) is 2.14. The zero-order valence-corrected chi connectivity index (χ0v) is 19.9. The summed E-state index contributed by atoms with van der Waals surface area (Å²) in [4.78, 5) is 25.5. The summed E-state index contributed by atoms with van der Waals surface area (Å²) in [5, 5.41) is 1.70. The van der Waals surface area contributed by atoms with Gasteiger partial charge in [0.1, 0.15) is 0 Å². The number of benzene rings is 4. The molecule has 0 spiro atoms. The van der Waals surface area contributed by atoms with Crippen LogP contribution in [0.1, 0.15) is 33.2 Å². The van der Waals surface area contributed by atoms with Crippen LogP contribution in [0.5, 0.6) is 0 Å². The highest BCUT2D eigenvalue weighted by Gasteiger charge is 2.36. The number of carbonyl (C=O) groups excluding carboxylic acids is 2. The number of ketones is 1. The third-order valence-corrected chi connectivity index (χ3v) is 8.12. The van der Waals surface area contributed by atoms with E-state index in [1.54, 1.807) is 24.3 Å². The number of anilines is 1. The van der Waals surface area contributed by atoms with Crippen LogP contribution in [-0.4, -0.2) is 32.8 Å². The van der Waals surface area contributed by atoms with E-state index in [4.69, 9.17) is 4.74 Å². The number of fused-ring (bicyclic) bond motifs is 2. The van der Waals surface area contributed by atoms with Gasteiger partial charge >= 0.3 is 5.97 Å². The first-order valence-corrected chi connectivity index (χ1v) is 12.7. The summed E-state index contributed by atoms with van der Waals surface area (Å²) in [6.07, 6.45) is 0.618. The van der Waals surface area contributed by atoms with Crippen molar-refractivity contribution in [2.45, 2.75) is 24.3 Å². The van der Waals surface area contributed by atoms with Gasteiger partial charge in [0.05, 0.1) is 16.1 Å². The molecule has 1 heterocycles. The standard InChI is InChI=1S/C28H23NO5S/c1-19-16-21-9-3-5-15-26(21)29(19)35(32,33)23-12-6-11-22(17-23)28(31)34-18-27(30)25-14-7-10-20-8-2-4-13-24(20)25/h2-15,17,19H,16,18H2,1H3. The number of sulfonamides is 1. The molecular formula is C28H23NO5S. The van der Waals surface area contributed by atoms with Crippen molar-refractivity contribution in [1.29, 1.82) is 0 Å². The summed E-state index contributed by atoms with van der Waals surface area (Å²) < 4.78 is 33.6. The van der Waals surface area contributed by atoms with E-state index in [1.807, 2.05) is 49.4 Å². The Morgan fingerprint density at radius 1 is 0.914 bits per heavy atom. The van der Waals surface area contributed by atoms with Crippen molar-refractivity contribution in [1.82, 2.24) is 0 Å². The zero-order valence-electron chi connectivity index (χ0n) is 19.0. The Morgan fingerprint density at radius 3 is 2.49 bits per heavy atom. The van der Waals surface area contributed by atoms with Gasteiger partial charge in [0.15, 0.2) is 6.61 Å². The van der Waals surface area contributed by atoms with Crippen molar-refractivity contribution in [2.24, 2.45) is 0 Å². The Bertz CT molecular complexity index is 1560. The average molecular weight is 486 g/mol. The molecule has 0 saturated heterocycles. The highest BCUT2D eigenvalue weighted by atomic mass is 32.2. The second-order valence-electron chi connectivity index (χ2n) is 8.54. The minimum Gasteiger partial charge on any atom is -0.454 e. The minimum absolute atomic E-state index is 0.00381. The molecule has 7 heteroatoms. The number of hydrogen-bond acceptors (Lipinski definition) is 5. The number of carbonyl (C=O) groups is 2. The molecule has 0 fully saturated rings. The lowest BCUT2D eigenvalue weighted by molar-refractivity contribution is 0.0475. The Hall–Kier alpha value is -3.97. The van der Waals surface area contributed by atoms with Crippen molar-refractivity contribution in [3.63, 3.8) is 0 Å². The lowest BCUT2D eigenvalue weighted by Gasteiger charge is -2.24. The molecule has 6 nitrogen and oxygen atoms in total. The van der Waals surface area contributed by atoms with E-state index < -0.39 is 22.6 Å². The lowest BCUT2D eigenvalue weighted by Crippen LogP contribution is -2.35. The highest BCUT2D eigenvalue weighted by Crippen LogP contribution is 2.36. The van der Waals surface area contributed by atoms with Crippen LogP contribution in [0, 0.1) is 0 Å². The number of nitrogens with zero attached hydrogens (tertiary/aromatic N) is 1. The predicted octanol–water partition coefficient (Wildman–Crippen LogP) is 5.02. The predicted molar refractivity (Wildman–Crippen MR) is 134 cm³/mol. The van der Waals surface area contributed by atoms with Gasteiger partial charge in [0.25, 0.3) is 10.0 Å². The van der Waals surface area contributed by atoms with Gasteiger partial charge in [-0.05, 0) is 53.9 Å². The monoisotopic (exact) mass is 485 g/mol. The zero-order chi connectivity index (χ0) is 24.6. The topological polar surface area (TPSA) is 80.8 Å². The van der Waals surface area contributed by atoms with Crippen LogP contribution in [-0.2, 0) is 21.2 Å². The van der Waals surface area contributed by atoms with E-state index in [0.29, 0.717) is 17.7 Å². The molecule has 0 aromatic heterocycles.